The lowest BCUT2D eigenvalue weighted by atomic mass is 9.76. The minimum Gasteiger partial charge on any atom is -0.504 e. The Labute approximate surface area is 237 Å². The molecule has 3 aliphatic heterocycles. The standard InChI is InChI=1S/C28H37NO12/c1-5-15-17(9-19-16-10-21(37-3)20(32)8-14(16)6-7-29(19)13(2)31)18(26(36)38-4)12-39-27(15)41-28-25(35)24(34)23(33)22(11-30)40-28/h5,8,10,12,15,17,19,22-25,27-28,30,32-35H,1,6-7,9,11H2,2-4H3/t15-,17-,19-,22-,23-,24+,25-,27+,28+/m1/s1. The first-order valence-electron chi connectivity index (χ1n) is 13.3. The van der Waals surface area contributed by atoms with Crippen molar-refractivity contribution in [1.29, 1.82) is 0 Å². The number of benzene rings is 1. The fraction of sp³-hybridized carbons (Fsp3) is 0.571. The summed E-state index contributed by atoms with van der Waals surface area (Å²) in [5, 5.41) is 50.7. The largest absolute Gasteiger partial charge is 0.504 e. The van der Waals surface area contributed by atoms with Gasteiger partial charge in [0.2, 0.25) is 12.2 Å². The number of nitrogens with zero attached hydrogens (tertiary/aromatic N) is 1. The van der Waals surface area contributed by atoms with Gasteiger partial charge in [-0.25, -0.2) is 4.79 Å². The Morgan fingerprint density at radius 1 is 1.15 bits per heavy atom. The number of rotatable bonds is 8. The van der Waals surface area contributed by atoms with Crippen LogP contribution in [0.1, 0.15) is 30.5 Å². The lowest BCUT2D eigenvalue weighted by Gasteiger charge is -2.44. The predicted molar refractivity (Wildman–Crippen MR) is 140 cm³/mol. The maximum absolute atomic E-state index is 12.9. The van der Waals surface area contributed by atoms with Crippen molar-refractivity contribution >= 4 is 11.9 Å². The Morgan fingerprint density at radius 2 is 1.88 bits per heavy atom. The second-order valence-electron chi connectivity index (χ2n) is 10.3. The average Bonchev–Trinajstić information content (AvgIpc) is 2.96. The molecule has 3 heterocycles. The summed E-state index contributed by atoms with van der Waals surface area (Å²) < 4.78 is 27.4. The van der Waals surface area contributed by atoms with Crippen LogP contribution in [0.4, 0.5) is 0 Å². The molecule has 4 rings (SSSR count). The topological polar surface area (TPSA) is 185 Å². The first-order valence-corrected chi connectivity index (χ1v) is 13.3. The van der Waals surface area contributed by atoms with Gasteiger partial charge in [-0.05, 0) is 36.1 Å². The molecule has 41 heavy (non-hydrogen) atoms. The zero-order chi connectivity index (χ0) is 30.0. The molecule has 0 aliphatic carbocycles. The predicted octanol–water partition coefficient (Wildman–Crippen LogP) is -0.115. The van der Waals surface area contributed by atoms with Crippen LogP contribution in [0.5, 0.6) is 11.5 Å². The number of fused-ring (bicyclic) bond motifs is 1. The van der Waals surface area contributed by atoms with E-state index in [1.165, 1.54) is 33.5 Å². The van der Waals surface area contributed by atoms with E-state index in [0.29, 0.717) is 13.0 Å². The van der Waals surface area contributed by atoms with Crippen LogP contribution in [0, 0.1) is 11.8 Å². The van der Waals surface area contributed by atoms with Crippen LogP contribution in [-0.4, -0.2) is 107 Å². The molecule has 0 bridgehead atoms. The molecule has 13 nitrogen and oxygen atoms in total. The van der Waals surface area contributed by atoms with Gasteiger partial charge in [0.25, 0.3) is 0 Å². The zero-order valence-electron chi connectivity index (χ0n) is 23.1. The number of hydrogen-bond donors (Lipinski definition) is 5. The lowest BCUT2D eigenvalue weighted by Crippen LogP contribution is -2.60. The van der Waals surface area contributed by atoms with Crippen molar-refractivity contribution in [3.05, 3.63) is 47.7 Å². The van der Waals surface area contributed by atoms with Gasteiger partial charge in [0.05, 0.1) is 38.7 Å². The number of phenolic OH excluding ortho intramolecular Hbond substituents is 1. The van der Waals surface area contributed by atoms with E-state index >= 15 is 0 Å². The summed E-state index contributed by atoms with van der Waals surface area (Å²) in [6.45, 7) is 5.09. The Bertz CT molecular complexity index is 1170. The van der Waals surface area contributed by atoms with Crippen LogP contribution in [0.2, 0.25) is 0 Å². The molecule has 1 saturated heterocycles. The number of carbonyl (C=O) groups excluding carboxylic acids is 2. The Kier molecular flexibility index (Phi) is 9.57. The van der Waals surface area contributed by atoms with Crippen molar-refractivity contribution in [3.63, 3.8) is 0 Å². The van der Waals surface area contributed by atoms with E-state index in [4.69, 9.17) is 23.7 Å². The quantitative estimate of drug-likeness (QED) is 0.204. The Morgan fingerprint density at radius 3 is 2.49 bits per heavy atom. The Hall–Kier alpha value is -3.20. The summed E-state index contributed by atoms with van der Waals surface area (Å²) >= 11 is 0. The van der Waals surface area contributed by atoms with Crippen molar-refractivity contribution in [1.82, 2.24) is 4.90 Å². The molecule has 0 unspecified atom stereocenters. The van der Waals surface area contributed by atoms with E-state index in [0.717, 1.165) is 11.1 Å². The third-order valence-electron chi connectivity index (χ3n) is 8.00. The van der Waals surface area contributed by atoms with Gasteiger partial charge in [0, 0.05) is 25.3 Å². The maximum Gasteiger partial charge on any atom is 0.337 e. The number of esters is 1. The van der Waals surface area contributed by atoms with Crippen LogP contribution in [-0.2, 0) is 35.0 Å². The number of aromatic hydroxyl groups is 1. The summed E-state index contributed by atoms with van der Waals surface area (Å²) in [7, 11) is 2.65. The molecule has 1 fully saturated rings. The molecule has 1 amide bonds. The number of carbonyl (C=O) groups is 2. The molecule has 1 aromatic rings. The summed E-state index contributed by atoms with van der Waals surface area (Å²) in [4.78, 5) is 27.3. The van der Waals surface area contributed by atoms with Gasteiger partial charge in [-0.2, -0.15) is 0 Å². The van der Waals surface area contributed by atoms with Gasteiger partial charge < -0.3 is 54.1 Å². The van der Waals surface area contributed by atoms with E-state index in [9.17, 15) is 35.1 Å². The third-order valence-corrected chi connectivity index (χ3v) is 8.00. The van der Waals surface area contributed by atoms with E-state index in [-0.39, 0.29) is 29.4 Å². The van der Waals surface area contributed by atoms with Gasteiger partial charge in [-0.1, -0.05) is 6.08 Å². The highest BCUT2D eigenvalue weighted by Crippen LogP contribution is 2.45. The summed E-state index contributed by atoms with van der Waals surface area (Å²) in [5.41, 5.74) is 1.73. The molecule has 5 N–H and O–H groups in total. The van der Waals surface area contributed by atoms with Gasteiger partial charge >= 0.3 is 5.97 Å². The summed E-state index contributed by atoms with van der Waals surface area (Å²) in [6, 6.07) is 2.74. The second-order valence-corrected chi connectivity index (χ2v) is 10.3. The van der Waals surface area contributed by atoms with Crippen molar-refractivity contribution in [2.45, 2.75) is 62.8 Å². The minimum atomic E-state index is -1.68. The molecule has 0 aromatic heterocycles. The second kappa shape index (κ2) is 12.8. The molecule has 0 saturated carbocycles. The first-order chi connectivity index (χ1) is 19.6. The molecular weight excluding hydrogens is 542 g/mol. The SMILES string of the molecule is C=C[C@H]1[C@H](O[C@@H]2O[C@H](CO)[C@@H](O)[C@H](O)[C@H]2O)OC=C(C(=O)OC)[C@@H]1C[C@@H]1c2cc(OC)c(O)cc2CCN1C(C)=O. The third kappa shape index (κ3) is 5.92. The van der Waals surface area contributed by atoms with Crippen molar-refractivity contribution in [3.8, 4) is 11.5 Å². The monoisotopic (exact) mass is 579 g/mol. The normalized spacial score (nSPS) is 33.2. The van der Waals surface area contributed by atoms with Crippen molar-refractivity contribution < 1.29 is 58.8 Å². The molecule has 3 aliphatic rings. The highest BCUT2D eigenvalue weighted by atomic mass is 16.8. The number of hydrogen-bond acceptors (Lipinski definition) is 12. The number of aliphatic hydroxyl groups is 4. The number of ether oxygens (including phenoxy) is 5. The minimum absolute atomic E-state index is 0.0283. The van der Waals surface area contributed by atoms with Crippen molar-refractivity contribution in [2.75, 3.05) is 27.4 Å². The van der Waals surface area contributed by atoms with Gasteiger partial charge in [0.1, 0.15) is 24.4 Å². The van der Waals surface area contributed by atoms with E-state index < -0.39 is 67.4 Å². The first kappa shape index (κ1) is 30.8. The van der Waals surface area contributed by atoms with E-state index in [1.54, 1.807) is 17.0 Å². The van der Waals surface area contributed by atoms with Crippen LogP contribution in [0.3, 0.4) is 0 Å². The number of amides is 1. The fourth-order valence-corrected chi connectivity index (χ4v) is 5.78. The van der Waals surface area contributed by atoms with Crippen LogP contribution >= 0.6 is 0 Å². The molecule has 9 atom stereocenters. The molecule has 0 radical (unpaired) electrons. The molecule has 0 spiro atoms. The number of phenols is 1. The smallest absolute Gasteiger partial charge is 0.337 e. The van der Waals surface area contributed by atoms with Crippen molar-refractivity contribution in [2.24, 2.45) is 11.8 Å². The van der Waals surface area contributed by atoms with Crippen LogP contribution in [0.15, 0.2) is 36.6 Å². The molecular formula is C28H37NO12. The van der Waals surface area contributed by atoms with E-state index in [1.807, 2.05) is 0 Å². The molecule has 1 aromatic carbocycles. The molecule has 13 heteroatoms. The summed E-state index contributed by atoms with van der Waals surface area (Å²) in [6.07, 6.45) is -5.41. The maximum atomic E-state index is 12.9. The highest BCUT2D eigenvalue weighted by Gasteiger charge is 2.48. The lowest BCUT2D eigenvalue weighted by molar-refractivity contribution is -0.339. The number of aliphatic hydroxyl groups excluding tert-OH is 4. The van der Waals surface area contributed by atoms with Crippen LogP contribution < -0.4 is 4.74 Å². The van der Waals surface area contributed by atoms with Gasteiger partial charge in [-0.15, -0.1) is 6.58 Å². The number of methoxy groups -OCH3 is 2. The van der Waals surface area contributed by atoms with E-state index in [2.05, 4.69) is 6.58 Å². The van der Waals surface area contributed by atoms with Gasteiger partial charge in [-0.3, -0.25) is 4.79 Å². The van der Waals surface area contributed by atoms with Crippen LogP contribution in [0.25, 0.3) is 0 Å². The molecule has 226 valence electrons. The zero-order valence-corrected chi connectivity index (χ0v) is 23.1. The average molecular weight is 580 g/mol. The fourth-order valence-electron chi connectivity index (χ4n) is 5.78. The highest BCUT2D eigenvalue weighted by molar-refractivity contribution is 5.89. The summed E-state index contributed by atoms with van der Waals surface area (Å²) in [5.74, 6) is -2.08. The van der Waals surface area contributed by atoms with Gasteiger partial charge in [0.15, 0.2) is 17.8 Å². The Balaban J connectivity index is 1.70.